The zero-order chi connectivity index (χ0) is 17.5. The van der Waals surface area contributed by atoms with Gasteiger partial charge in [0.2, 0.25) is 5.75 Å². The number of hydrogen-bond donors (Lipinski definition) is 1. The number of anilines is 1. The average molecular weight is 330 g/mol. The molecule has 0 aliphatic heterocycles. The Kier molecular flexibility index (Phi) is 6.32. The van der Waals surface area contributed by atoms with Crippen LogP contribution in [0.5, 0.6) is 17.2 Å². The summed E-state index contributed by atoms with van der Waals surface area (Å²) in [5.41, 5.74) is 8.91. The molecule has 0 heterocycles. The fourth-order valence-electron chi connectivity index (χ4n) is 2.62. The third kappa shape index (κ3) is 4.55. The number of hydrogen-bond acceptors (Lipinski definition) is 5. The second-order valence-corrected chi connectivity index (χ2v) is 5.76. The van der Waals surface area contributed by atoms with Gasteiger partial charge < -0.3 is 24.8 Å². The molecule has 0 bridgehead atoms. The lowest BCUT2D eigenvalue weighted by Crippen LogP contribution is -2.20. The van der Waals surface area contributed by atoms with Crippen LogP contribution >= 0.6 is 0 Å². The summed E-state index contributed by atoms with van der Waals surface area (Å²) in [5.74, 6) is 1.98. The van der Waals surface area contributed by atoms with Crippen molar-refractivity contribution >= 4 is 5.69 Å². The number of methoxy groups -OCH3 is 3. The maximum Gasteiger partial charge on any atom is 0.203 e. The summed E-state index contributed by atoms with van der Waals surface area (Å²) in [6.45, 7) is 1.74. The van der Waals surface area contributed by atoms with E-state index in [0.717, 1.165) is 30.8 Å². The highest BCUT2D eigenvalue weighted by atomic mass is 16.5. The van der Waals surface area contributed by atoms with E-state index in [1.54, 1.807) is 21.3 Å². The van der Waals surface area contributed by atoms with Crippen LogP contribution in [-0.4, -0.2) is 39.8 Å². The molecule has 2 aromatic carbocycles. The van der Waals surface area contributed by atoms with Gasteiger partial charge in [0.1, 0.15) is 0 Å². The molecule has 5 nitrogen and oxygen atoms in total. The van der Waals surface area contributed by atoms with Crippen LogP contribution in [0.25, 0.3) is 0 Å². The first-order chi connectivity index (χ1) is 11.6. The van der Waals surface area contributed by atoms with Crippen molar-refractivity contribution in [2.24, 2.45) is 0 Å². The van der Waals surface area contributed by atoms with Crippen molar-refractivity contribution in [3.8, 4) is 17.2 Å². The second kappa shape index (κ2) is 8.45. The van der Waals surface area contributed by atoms with Crippen molar-refractivity contribution in [3.05, 3.63) is 47.5 Å². The quantitative estimate of drug-likeness (QED) is 0.754. The molecule has 0 saturated heterocycles. The number of ether oxygens (including phenoxy) is 3. The highest BCUT2D eigenvalue weighted by Crippen LogP contribution is 2.38. The Bertz CT molecular complexity index is 631. The minimum absolute atomic E-state index is 0.619. The Morgan fingerprint density at radius 3 is 1.96 bits per heavy atom. The zero-order valence-electron chi connectivity index (χ0n) is 14.8. The van der Waals surface area contributed by atoms with Gasteiger partial charge in [-0.25, -0.2) is 0 Å². The Morgan fingerprint density at radius 1 is 0.875 bits per heavy atom. The van der Waals surface area contributed by atoms with Gasteiger partial charge in [-0.3, -0.25) is 0 Å². The van der Waals surface area contributed by atoms with Gasteiger partial charge in [0.15, 0.2) is 11.5 Å². The zero-order valence-corrected chi connectivity index (χ0v) is 14.8. The van der Waals surface area contributed by atoms with Crippen molar-refractivity contribution in [1.82, 2.24) is 4.90 Å². The SMILES string of the molecule is COc1cc(CN(C)CCc2ccc(N)cc2)cc(OC)c1OC. The van der Waals surface area contributed by atoms with Crippen LogP contribution in [0, 0.1) is 0 Å². The van der Waals surface area contributed by atoms with E-state index in [-0.39, 0.29) is 0 Å². The lowest BCUT2D eigenvalue weighted by Gasteiger charge is -2.19. The van der Waals surface area contributed by atoms with E-state index in [4.69, 9.17) is 19.9 Å². The number of nitrogens with zero attached hydrogens (tertiary/aromatic N) is 1. The maximum atomic E-state index is 5.72. The molecule has 0 saturated carbocycles. The van der Waals surface area contributed by atoms with Crippen LogP contribution in [0.1, 0.15) is 11.1 Å². The molecule has 24 heavy (non-hydrogen) atoms. The maximum absolute atomic E-state index is 5.72. The Labute approximate surface area is 143 Å². The van der Waals surface area contributed by atoms with Crippen LogP contribution in [0.4, 0.5) is 5.69 Å². The Balaban J connectivity index is 2.02. The van der Waals surface area contributed by atoms with Gasteiger partial charge in [-0.1, -0.05) is 12.1 Å². The van der Waals surface area contributed by atoms with E-state index in [1.807, 2.05) is 24.3 Å². The summed E-state index contributed by atoms with van der Waals surface area (Å²) in [6.07, 6.45) is 0.973. The smallest absolute Gasteiger partial charge is 0.203 e. The summed E-state index contributed by atoms with van der Waals surface area (Å²) in [6, 6.07) is 12.0. The predicted molar refractivity (Wildman–Crippen MR) is 97.0 cm³/mol. The molecular weight excluding hydrogens is 304 g/mol. The average Bonchev–Trinajstić information content (AvgIpc) is 2.60. The standard InChI is InChI=1S/C19H26N2O3/c1-21(10-9-14-5-7-16(20)8-6-14)13-15-11-17(22-2)19(24-4)18(12-15)23-3/h5-8,11-12H,9-10,13,20H2,1-4H3. The Morgan fingerprint density at radius 2 is 1.46 bits per heavy atom. The molecular formula is C19H26N2O3. The van der Waals surface area contributed by atoms with Gasteiger partial charge in [-0.15, -0.1) is 0 Å². The lowest BCUT2D eigenvalue weighted by molar-refractivity contribution is 0.314. The molecule has 5 heteroatoms. The molecule has 0 atom stereocenters. The number of nitrogen functional groups attached to an aromatic ring is 1. The van der Waals surface area contributed by atoms with Crippen molar-refractivity contribution in [3.63, 3.8) is 0 Å². The normalized spacial score (nSPS) is 10.7. The van der Waals surface area contributed by atoms with Gasteiger partial charge in [0.05, 0.1) is 21.3 Å². The topological polar surface area (TPSA) is 57.0 Å². The second-order valence-electron chi connectivity index (χ2n) is 5.76. The number of benzene rings is 2. The molecule has 0 fully saturated rings. The number of nitrogens with two attached hydrogens (primary N) is 1. The molecule has 0 aliphatic carbocycles. The number of rotatable bonds is 8. The minimum Gasteiger partial charge on any atom is -0.493 e. The van der Waals surface area contributed by atoms with Gasteiger partial charge >= 0.3 is 0 Å². The molecule has 2 N–H and O–H groups in total. The Hall–Kier alpha value is -2.40. The van der Waals surface area contributed by atoms with Gasteiger partial charge in [-0.05, 0) is 48.9 Å². The van der Waals surface area contributed by atoms with E-state index in [2.05, 4.69) is 24.1 Å². The first kappa shape index (κ1) is 17.9. The van der Waals surface area contributed by atoms with E-state index >= 15 is 0 Å². The molecule has 130 valence electrons. The van der Waals surface area contributed by atoms with Crippen LogP contribution in [0.15, 0.2) is 36.4 Å². The van der Waals surface area contributed by atoms with E-state index in [0.29, 0.717) is 17.2 Å². The van der Waals surface area contributed by atoms with Crippen LogP contribution in [0.3, 0.4) is 0 Å². The summed E-state index contributed by atoms with van der Waals surface area (Å²) in [5, 5.41) is 0. The summed E-state index contributed by atoms with van der Waals surface area (Å²) < 4.78 is 16.2. The van der Waals surface area contributed by atoms with E-state index < -0.39 is 0 Å². The fraction of sp³-hybridized carbons (Fsp3) is 0.368. The fourth-order valence-corrected chi connectivity index (χ4v) is 2.62. The van der Waals surface area contributed by atoms with Crippen molar-refractivity contribution in [1.29, 1.82) is 0 Å². The summed E-state index contributed by atoms with van der Waals surface area (Å²) in [4.78, 5) is 2.26. The molecule has 0 radical (unpaired) electrons. The molecule has 0 unspecified atom stereocenters. The molecule has 0 amide bonds. The van der Waals surface area contributed by atoms with E-state index in [1.165, 1.54) is 5.56 Å². The van der Waals surface area contributed by atoms with E-state index in [9.17, 15) is 0 Å². The molecule has 0 aliphatic rings. The van der Waals surface area contributed by atoms with Crippen LogP contribution < -0.4 is 19.9 Å². The van der Waals surface area contributed by atoms with Crippen molar-refractivity contribution in [2.75, 3.05) is 40.7 Å². The number of likely N-dealkylation sites (N-methyl/N-ethyl adjacent to an activating group) is 1. The third-order valence-electron chi connectivity index (χ3n) is 3.94. The predicted octanol–water partition coefficient (Wildman–Crippen LogP) is 2.97. The van der Waals surface area contributed by atoms with Crippen LogP contribution in [-0.2, 0) is 13.0 Å². The van der Waals surface area contributed by atoms with Crippen molar-refractivity contribution in [2.45, 2.75) is 13.0 Å². The first-order valence-corrected chi connectivity index (χ1v) is 7.89. The minimum atomic E-state index is 0.619. The first-order valence-electron chi connectivity index (χ1n) is 7.89. The summed E-state index contributed by atoms with van der Waals surface area (Å²) >= 11 is 0. The van der Waals surface area contributed by atoms with Gasteiger partial charge in [-0.2, -0.15) is 0 Å². The highest BCUT2D eigenvalue weighted by molar-refractivity contribution is 5.53. The third-order valence-corrected chi connectivity index (χ3v) is 3.94. The molecule has 2 rings (SSSR count). The van der Waals surface area contributed by atoms with Crippen molar-refractivity contribution < 1.29 is 14.2 Å². The molecule has 2 aromatic rings. The summed E-state index contributed by atoms with van der Waals surface area (Å²) in [7, 11) is 6.97. The van der Waals surface area contributed by atoms with Gasteiger partial charge in [0.25, 0.3) is 0 Å². The largest absolute Gasteiger partial charge is 0.493 e. The van der Waals surface area contributed by atoms with Crippen LogP contribution in [0.2, 0.25) is 0 Å². The lowest BCUT2D eigenvalue weighted by atomic mass is 10.1. The van der Waals surface area contributed by atoms with Gasteiger partial charge in [0, 0.05) is 18.8 Å². The monoisotopic (exact) mass is 330 g/mol. The molecule has 0 aromatic heterocycles. The molecule has 0 spiro atoms. The highest BCUT2D eigenvalue weighted by Gasteiger charge is 2.14.